The van der Waals surface area contributed by atoms with Crippen molar-refractivity contribution < 1.29 is 23.8 Å². The van der Waals surface area contributed by atoms with Crippen molar-refractivity contribution in [2.24, 2.45) is 0 Å². The van der Waals surface area contributed by atoms with Gasteiger partial charge in [0.25, 0.3) is 11.8 Å². The first kappa shape index (κ1) is 27.8. The van der Waals surface area contributed by atoms with Crippen molar-refractivity contribution in [2.75, 3.05) is 56.2 Å². The number of ether oxygens (including phenoxy) is 3. The zero-order valence-electron chi connectivity index (χ0n) is 23.2. The second kappa shape index (κ2) is 13.0. The number of rotatable bonds is 10. The standard InChI is InChI=1S/C31H37N3O5/c1-5-37-27-20-24(21-28(38-6-2)29(27)39-7-3)30(35)32-25-12-14-26(15-13-25)33-16-18-34(19-17-33)31(36)23-10-8-22(4)9-11-23/h8-15,20-21H,5-7,16-19H2,1-4H3,(H,32,35). The highest BCUT2D eigenvalue weighted by Crippen LogP contribution is 2.39. The molecule has 0 saturated carbocycles. The molecule has 0 atom stereocenters. The third kappa shape index (κ3) is 6.82. The predicted octanol–water partition coefficient (Wildman–Crippen LogP) is 5.41. The third-order valence-electron chi connectivity index (χ3n) is 6.53. The Bertz CT molecular complexity index is 1240. The zero-order valence-corrected chi connectivity index (χ0v) is 23.2. The van der Waals surface area contributed by atoms with Crippen molar-refractivity contribution in [2.45, 2.75) is 27.7 Å². The van der Waals surface area contributed by atoms with Crippen molar-refractivity contribution in [1.82, 2.24) is 4.90 Å². The fourth-order valence-electron chi connectivity index (χ4n) is 4.53. The summed E-state index contributed by atoms with van der Waals surface area (Å²) < 4.78 is 17.2. The zero-order chi connectivity index (χ0) is 27.8. The van der Waals surface area contributed by atoms with E-state index in [1.165, 1.54) is 0 Å². The number of nitrogens with one attached hydrogen (secondary N) is 1. The molecule has 0 aromatic heterocycles. The van der Waals surface area contributed by atoms with Crippen LogP contribution in [0.2, 0.25) is 0 Å². The third-order valence-corrected chi connectivity index (χ3v) is 6.53. The number of amides is 2. The summed E-state index contributed by atoms with van der Waals surface area (Å²) in [6, 6.07) is 18.8. The van der Waals surface area contributed by atoms with E-state index >= 15 is 0 Å². The molecule has 0 bridgehead atoms. The van der Waals surface area contributed by atoms with E-state index in [0.29, 0.717) is 61.4 Å². The summed E-state index contributed by atoms with van der Waals surface area (Å²) >= 11 is 0. The monoisotopic (exact) mass is 531 g/mol. The van der Waals surface area contributed by atoms with Crippen LogP contribution in [0.5, 0.6) is 17.2 Å². The summed E-state index contributed by atoms with van der Waals surface area (Å²) in [6.45, 7) is 11.8. The molecule has 0 spiro atoms. The van der Waals surface area contributed by atoms with Crippen LogP contribution in [0.15, 0.2) is 60.7 Å². The minimum absolute atomic E-state index is 0.0713. The van der Waals surface area contributed by atoms with E-state index < -0.39 is 0 Å². The SMILES string of the molecule is CCOc1cc(C(=O)Nc2ccc(N3CCN(C(=O)c4ccc(C)cc4)CC3)cc2)cc(OCC)c1OCC. The number of piperazine rings is 1. The summed E-state index contributed by atoms with van der Waals surface area (Å²) in [5.41, 5.74) is 4.02. The van der Waals surface area contributed by atoms with Gasteiger partial charge in [0, 0.05) is 48.7 Å². The molecule has 2 amide bonds. The summed E-state index contributed by atoms with van der Waals surface area (Å²) in [5, 5.41) is 2.96. The fraction of sp³-hybridized carbons (Fsp3) is 0.355. The molecule has 1 N–H and O–H groups in total. The Morgan fingerprint density at radius 3 is 1.85 bits per heavy atom. The Hall–Kier alpha value is -4.20. The van der Waals surface area contributed by atoms with E-state index in [4.69, 9.17) is 14.2 Å². The number of carbonyl (C=O) groups is 2. The maximum absolute atomic E-state index is 13.1. The highest BCUT2D eigenvalue weighted by Gasteiger charge is 2.23. The smallest absolute Gasteiger partial charge is 0.255 e. The summed E-state index contributed by atoms with van der Waals surface area (Å²) in [5.74, 6) is 1.26. The topological polar surface area (TPSA) is 80.3 Å². The molecule has 206 valence electrons. The van der Waals surface area contributed by atoms with Crippen LogP contribution in [0.3, 0.4) is 0 Å². The molecular formula is C31H37N3O5. The lowest BCUT2D eigenvalue weighted by Crippen LogP contribution is -2.48. The maximum atomic E-state index is 13.1. The van der Waals surface area contributed by atoms with Crippen molar-refractivity contribution in [3.8, 4) is 17.2 Å². The lowest BCUT2D eigenvalue weighted by atomic mass is 10.1. The molecule has 0 aliphatic carbocycles. The van der Waals surface area contributed by atoms with Gasteiger partial charge in [-0.3, -0.25) is 9.59 Å². The molecule has 0 radical (unpaired) electrons. The van der Waals surface area contributed by atoms with Crippen LogP contribution in [0.1, 0.15) is 47.1 Å². The summed E-state index contributed by atoms with van der Waals surface area (Å²) in [4.78, 5) is 30.1. The first-order valence-corrected chi connectivity index (χ1v) is 13.5. The molecule has 8 heteroatoms. The maximum Gasteiger partial charge on any atom is 0.255 e. The number of carbonyl (C=O) groups excluding carboxylic acids is 2. The average molecular weight is 532 g/mol. The van der Waals surface area contributed by atoms with Gasteiger partial charge in [0.1, 0.15) is 0 Å². The minimum atomic E-state index is -0.268. The van der Waals surface area contributed by atoms with Gasteiger partial charge in [-0.15, -0.1) is 0 Å². The van der Waals surface area contributed by atoms with E-state index in [-0.39, 0.29) is 11.8 Å². The fourth-order valence-corrected chi connectivity index (χ4v) is 4.53. The molecule has 0 unspecified atom stereocenters. The molecule has 4 rings (SSSR count). The van der Waals surface area contributed by atoms with Gasteiger partial charge in [0.05, 0.1) is 19.8 Å². The number of benzene rings is 3. The molecule has 3 aromatic carbocycles. The van der Waals surface area contributed by atoms with Gasteiger partial charge in [-0.1, -0.05) is 17.7 Å². The summed E-state index contributed by atoms with van der Waals surface area (Å²) in [7, 11) is 0. The van der Waals surface area contributed by atoms with Crippen molar-refractivity contribution >= 4 is 23.2 Å². The number of anilines is 2. The largest absolute Gasteiger partial charge is 0.490 e. The lowest BCUT2D eigenvalue weighted by molar-refractivity contribution is 0.0746. The lowest BCUT2D eigenvalue weighted by Gasteiger charge is -2.36. The Morgan fingerprint density at radius 1 is 0.744 bits per heavy atom. The Labute approximate surface area is 230 Å². The van der Waals surface area contributed by atoms with E-state index in [2.05, 4.69) is 10.2 Å². The number of aryl methyl sites for hydroxylation is 1. The summed E-state index contributed by atoms with van der Waals surface area (Å²) in [6.07, 6.45) is 0. The van der Waals surface area contributed by atoms with Crippen LogP contribution in [-0.4, -0.2) is 62.7 Å². The highest BCUT2D eigenvalue weighted by atomic mass is 16.5. The quantitative estimate of drug-likeness (QED) is 0.377. The van der Waals surface area contributed by atoms with Gasteiger partial charge < -0.3 is 29.3 Å². The van der Waals surface area contributed by atoms with Crippen LogP contribution in [0.4, 0.5) is 11.4 Å². The van der Waals surface area contributed by atoms with Crippen LogP contribution in [0, 0.1) is 6.92 Å². The minimum Gasteiger partial charge on any atom is -0.490 e. The van der Waals surface area contributed by atoms with Gasteiger partial charge in [-0.2, -0.15) is 0 Å². The molecule has 1 fully saturated rings. The molecular weight excluding hydrogens is 494 g/mol. The Kier molecular flexibility index (Phi) is 9.31. The van der Waals surface area contributed by atoms with E-state index in [0.717, 1.165) is 29.9 Å². The van der Waals surface area contributed by atoms with Gasteiger partial charge in [-0.05, 0) is 76.2 Å². The second-order valence-electron chi connectivity index (χ2n) is 9.25. The number of hydrogen-bond acceptors (Lipinski definition) is 6. The average Bonchev–Trinajstić information content (AvgIpc) is 2.95. The van der Waals surface area contributed by atoms with Gasteiger partial charge in [0.15, 0.2) is 11.5 Å². The van der Waals surface area contributed by atoms with Crippen LogP contribution in [-0.2, 0) is 0 Å². The second-order valence-corrected chi connectivity index (χ2v) is 9.25. The molecule has 3 aromatic rings. The van der Waals surface area contributed by atoms with E-state index in [1.807, 2.05) is 81.1 Å². The van der Waals surface area contributed by atoms with Crippen molar-refractivity contribution in [3.63, 3.8) is 0 Å². The molecule has 1 aliphatic heterocycles. The molecule has 1 saturated heterocycles. The van der Waals surface area contributed by atoms with E-state index in [1.54, 1.807) is 12.1 Å². The number of nitrogens with zero attached hydrogens (tertiary/aromatic N) is 2. The Balaban J connectivity index is 1.39. The van der Waals surface area contributed by atoms with E-state index in [9.17, 15) is 9.59 Å². The van der Waals surface area contributed by atoms with Gasteiger partial charge in [0.2, 0.25) is 5.75 Å². The van der Waals surface area contributed by atoms with Gasteiger partial charge in [-0.25, -0.2) is 0 Å². The highest BCUT2D eigenvalue weighted by molar-refractivity contribution is 6.05. The molecule has 39 heavy (non-hydrogen) atoms. The predicted molar refractivity (Wildman–Crippen MR) is 154 cm³/mol. The van der Waals surface area contributed by atoms with Crippen molar-refractivity contribution in [1.29, 1.82) is 0 Å². The molecule has 1 aliphatic rings. The van der Waals surface area contributed by atoms with Crippen LogP contribution in [0.25, 0.3) is 0 Å². The van der Waals surface area contributed by atoms with Crippen molar-refractivity contribution in [3.05, 3.63) is 77.4 Å². The Morgan fingerprint density at radius 2 is 1.31 bits per heavy atom. The van der Waals surface area contributed by atoms with Gasteiger partial charge >= 0.3 is 0 Å². The number of hydrogen-bond donors (Lipinski definition) is 1. The molecule has 1 heterocycles. The van der Waals surface area contributed by atoms with Crippen LogP contribution < -0.4 is 24.4 Å². The first-order chi connectivity index (χ1) is 18.9. The normalized spacial score (nSPS) is 13.1. The first-order valence-electron chi connectivity index (χ1n) is 13.5. The van der Waals surface area contributed by atoms with Crippen LogP contribution >= 0.6 is 0 Å². The molecule has 8 nitrogen and oxygen atoms in total.